The van der Waals surface area contributed by atoms with Gasteiger partial charge in [0.1, 0.15) is 5.82 Å². The Hall–Kier alpha value is -2.63. The van der Waals surface area contributed by atoms with Gasteiger partial charge in [0, 0.05) is 33.4 Å². The third kappa shape index (κ3) is 3.36. The molecule has 0 aliphatic rings. The summed E-state index contributed by atoms with van der Waals surface area (Å²) in [6, 6.07) is 4.20. The molecule has 3 aromatic heterocycles. The van der Waals surface area contributed by atoms with Gasteiger partial charge in [0.25, 0.3) is 0 Å². The first-order valence-corrected chi connectivity index (χ1v) is 9.28. The van der Waals surface area contributed by atoms with E-state index in [1.807, 2.05) is 43.3 Å². The molecule has 0 saturated heterocycles. The van der Waals surface area contributed by atoms with Gasteiger partial charge in [-0.1, -0.05) is 13.8 Å². The van der Waals surface area contributed by atoms with E-state index in [0.717, 1.165) is 59.9 Å². The summed E-state index contributed by atoms with van der Waals surface area (Å²) in [4.78, 5) is 13.7. The van der Waals surface area contributed by atoms with Gasteiger partial charge in [-0.25, -0.2) is 4.98 Å². The molecule has 0 fully saturated rings. The smallest absolute Gasteiger partial charge is 0.166 e. The second kappa shape index (κ2) is 7.72. The van der Waals surface area contributed by atoms with Crippen molar-refractivity contribution in [1.82, 2.24) is 19.6 Å². The largest absolute Gasteiger partial charge is 0.376 e. The molecule has 0 aliphatic carbocycles. The highest BCUT2D eigenvalue weighted by atomic mass is 15.3. The zero-order chi connectivity index (χ0) is 18.7. The molecule has 3 rings (SSSR count). The van der Waals surface area contributed by atoms with Gasteiger partial charge in [-0.3, -0.25) is 4.98 Å². The highest BCUT2D eigenvalue weighted by Crippen LogP contribution is 2.28. The Morgan fingerprint density at radius 3 is 2.38 bits per heavy atom. The first-order chi connectivity index (χ1) is 12.6. The van der Waals surface area contributed by atoms with E-state index in [2.05, 4.69) is 46.7 Å². The van der Waals surface area contributed by atoms with Crippen molar-refractivity contribution in [3.05, 3.63) is 36.3 Å². The lowest BCUT2D eigenvalue weighted by molar-refractivity contribution is 0.715. The Morgan fingerprint density at radius 1 is 1.04 bits per heavy atom. The molecule has 0 saturated carbocycles. The van der Waals surface area contributed by atoms with Crippen molar-refractivity contribution in [3.63, 3.8) is 0 Å². The van der Waals surface area contributed by atoms with Crippen LogP contribution in [-0.2, 0) is 0 Å². The minimum absolute atomic E-state index is 0.855. The van der Waals surface area contributed by atoms with Crippen molar-refractivity contribution in [2.45, 2.75) is 33.6 Å². The van der Waals surface area contributed by atoms with Crippen LogP contribution in [0.3, 0.4) is 0 Å². The molecule has 0 radical (unpaired) electrons. The van der Waals surface area contributed by atoms with E-state index in [0.29, 0.717) is 0 Å². The number of hydrogen-bond donors (Lipinski definition) is 0. The molecule has 0 bridgehead atoms. The molecular formula is C20H28N6. The highest BCUT2D eigenvalue weighted by Gasteiger charge is 2.16. The summed E-state index contributed by atoms with van der Waals surface area (Å²) >= 11 is 0. The topological polar surface area (TPSA) is 49.6 Å². The van der Waals surface area contributed by atoms with Gasteiger partial charge in [0.2, 0.25) is 0 Å². The lowest BCUT2D eigenvalue weighted by Crippen LogP contribution is -2.27. The Kier molecular flexibility index (Phi) is 5.40. The first-order valence-electron chi connectivity index (χ1n) is 9.28. The van der Waals surface area contributed by atoms with Gasteiger partial charge in [-0.2, -0.15) is 9.61 Å². The highest BCUT2D eigenvalue weighted by molar-refractivity contribution is 5.78. The summed E-state index contributed by atoms with van der Waals surface area (Å²) in [5, 5.41) is 4.64. The van der Waals surface area contributed by atoms with Gasteiger partial charge >= 0.3 is 0 Å². The van der Waals surface area contributed by atoms with Crippen LogP contribution in [-0.4, -0.2) is 46.8 Å². The number of aryl methyl sites for hydroxylation is 1. The van der Waals surface area contributed by atoms with E-state index in [9.17, 15) is 0 Å². The molecule has 0 spiro atoms. The maximum absolute atomic E-state index is 4.69. The molecule has 0 atom stereocenters. The van der Waals surface area contributed by atoms with Crippen molar-refractivity contribution in [3.8, 4) is 11.3 Å². The lowest BCUT2D eigenvalue weighted by atomic mass is 10.1. The fraction of sp³-hybridized carbons (Fsp3) is 0.450. The minimum Gasteiger partial charge on any atom is -0.376 e. The second-order valence-corrected chi connectivity index (χ2v) is 6.84. The molecule has 0 amide bonds. The van der Waals surface area contributed by atoms with Crippen LogP contribution in [0, 0.1) is 6.92 Å². The maximum atomic E-state index is 4.69. The number of pyridine rings is 1. The molecule has 3 aromatic rings. The number of rotatable bonds is 7. The molecule has 26 heavy (non-hydrogen) atoms. The normalized spacial score (nSPS) is 11.1. The van der Waals surface area contributed by atoms with Crippen LogP contribution in [0.15, 0.2) is 30.7 Å². The van der Waals surface area contributed by atoms with E-state index in [1.54, 1.807) is 0 Å². The molecule has 138 valence electrons. The van der Waals surface area contributed by atoms with Crippen LogP contribution in [0.5, 0.6) is 0 Å². The molecule has 6 nitrogen and oxygen atoms in total. The average molecular weight is 352 g/mol. The van der Waals surface area contributed by atoms with Gasteiger partial charge in [0.05, 0.1) is 29.3 Å². The molecule has 0 unspecified atom stereocenters. The summed E-state index contributed by atoms with van der Waals surface area (Å²) in [6.07, 6.45) is 7.86. The van der Waals surface area contributed by atoms with Crippen LogP contribution in [0.1, 0.15) is 32.3 Å². The average Bonchev–Trinajstić information content (AvgIpc) is 3.05. The van der Waals surface area contributed by atoms with Crippen LogP contribution in [0.2, 0.25) is 0 Å². The van der Waals surface area contributed by atoms with Gasteiger partial charge in [-0.05, 0) is 37.5 Å². The van der Waals surface area contributed by atoms with E-state index in [-0.39, 0.29) is 0 Å². The standard InChI is InChI=1S/C20H28N6/c1-6-10-25(11-7-2)18-8-9-21-20-17(14-23-26(18)20)19-15(3)12-16(13-22-19)24(4)5/h8-9,12-14H,6-7,10-11H2,1-5H3. The zero-order valence-corrected chi connectivity index (χ0v) is 16.4. The molecular weight excluding hydrogens is 324 g/mol. The molecule has 3 heterocycles. The summed E-state index contributed by atoms with van der Waals surface area (Å²) < 4.78 is 1.95. The van der Waals surface area contributed by atoms with Crippen LogP contribution < -0.4 is 9.80 Å². The predicted octanol–water partition coefficient (Wildman–Crippen LogP) is 3.79. The zero-order valence-electron chi connectivity index (χ0n) is 16.4. The Bertz CT molecular complexity index is 877. The minimum atomic E-state index is 0.855. The van der Waals surface area contributed by atoms with E-state index < -0.39 is 0 Å². The van der Waals surface area contributed by atoms with Crippen LogP contribution in [0.4, 0.5) is 11.5 Å². The summed E-state index contributed by atoms with van der Waals surface area (Å²) in [6.45, 7) is 8.52. The molecule has 0 N–H and O–H groups in total. The number of fused-ring (bicyclic) bond motifs is 1. The molecule has 0 aromatic carbocycles. The second-order valence-electron chi connectivity index (χ2n) is 6.84. The van der Waals surface area contributed by atoms with Gasteiger partial charge in [-0.15, -0.1) is 0 Å². The molecule has 0 aliphatic heterocycles. The van der Waals surface area contributed by atoms with Crippen molar-refractivity contribution in [2.75, 3.05) is 37.0 Å². The third-order valence-electron chi connectivity index (χ3n) is 4.53. The van der Waals surface area contributed by atoms with E-state index >= 15 is 0 Å². The van der Waals surface area contributed by atoms with Crippen molar-refractivity contribution >= 4 is 17.2 Å². The first kappa shape index (κ1) is 18.2. The van der Waals surface area contributed by atoms with Crippen molar-refractivity contribution in [2.24, 2.45) is 0 Å². The summed E-state index contributed by atoms with van der Waals surface area (Å²) in [5.74, 6) is 1.09. The maximum Gasteiger partial charge on any atom is 0.166 e. The predicted molar refractivity (Wildman–Crippen MR) is 108 cm³/mol. The number of hydrogen-bond acceptors (Lipinski definition) is 5. The number of aromatic nitrogens is 4. The summed E-state index contributed by atoms with van der Waals surface area (Å²) in [7, 11) is 4.05. The summed E-state index contributed by atoms with van der Waals surface area (Å²) in [5.41, 5.74) is 4.98. The van der Waals surface area contributed by atoms with Crippen LogP contribution >= 0.6 is 0 Å². The van der Waals surface area contributed by atoms with Crippen molar-refractivity contribution in [1.29, 1.82) is 0 Å². The SMILES string of the molecule is CCCN(CCC)c1ccnc2c(-c3ncc(N(C)C)cc3C)cnn12. The van der Waals surface area contributed by atoms with Crippen molar-refractivity contribution < 1.29 is 0 Å². The Balaban J connectivity index is 2.08. The van der Waals surface area contributed by atoms with Gasteiger partial charge in [0.15, 0.2) is 5.65 Å². The third-order valence-corrected chi connectivity index (χ3v) is 4.53. The Morgan fingerprint density at radius 2 is 1.77 bits per heavy atom. The number of nitrogens with zero attached hydrogens (tertiary/aromatic N) is 6. The van der Waals surface area contributed by atoms with Gasteiger partial charge < -0.3 is 9.80 Å². The fourth-order valence-corrected chi connectivity index (χ4v) is 3.25. The number of anilines is 2. The van der Waals surface area contributed by atoms with E-state index in [4.69, 9.17) is 4.98 Å². The fourth-order valence-electron chi connectivity index (χ4n) is 3.25. The Labute approximate surface area is 155 Å². The quantitative estimate of drug-likeness (QED) is 0.647. The molecule has 6 heteroatoms. The lowest BCUT2D eigenvalue weighted by Gasteiger charge is -2.23. The monoisotopic (exact) mass is 352 g/mol. The van der Waals surface area contributed by atoms with Crippen LogP contribution in [0.25, 0.3) is 16.9 Å². The van der Waals surface area contributed by atoms with E-state index in [1.165, 1.54) is 0 Å².